The zero-order valence-corrected chi connectivity index (χ0v) is 9.43. The largest absolute Gasteiger partial charge is 0.255 e. The van der Waals surface area contributed by atoms with Crippen molar-refractivity contribution in [3.8, 4) is 6.07 Å². The van der Waals surface area contributed by atoms with Gasteiger partial charge < -0.3 is 0 Å². The van der Waals surface area contributed by atoms with E-state index in [0.717, 1.165) is 15.8 Å². The summed E-state index contributed by atoms with van der Waals surface area (Å²) in [7, 11) is 0. The van der Waals surface area contributed by atoms with Gasteiger partial charge in [-0.25, -0.2) is 0 Å². The molecule has 0 saturated heterocycles. The summed E-state index contributed by atoms with van der Waals surface area (Å²) < 4.78 is 0. The van der Waals surface area contributed by atoms with Crippen LogP contribution in [0.1, 0.15) is 11.1 Å². The first kappa shape index (κ1) is 10.0. The van der Waals surface area contributed by atoms with Gasteiger partial charge in [0.2, 0.25) is 0 Å². The van der Waals surface area contributed by atoms with Crippen molar-refractivity contribution in [2.75, 3.05) is 6.26 Å². The zero-order valence-electron chi connectivity index (χ0n) is 8.61. The average molecular weight is 214 g/mol. The summed E-state index contributed by atoms with van der Waals surface area (Å²) in [6.07, 6.45) is 3.63. The van der Waals surface area contributed by atoms with Crippen LogP contribution in [0.2, 0.25) is 0 Å². The molecule has 0 fully saturated rings. The molecule has 0 spiro atoms. The molecule has 0 atom stereocenters. The minimum absolute atomic E-state index is 0.653. The molecule has 0 amide bonds. The highest BCUT2D eigenvalue weighted by atomic mass is 32.2. The van der Waals surface area contributed by atoms with Gasteiger partial charge in [-0.1, -0.05) is 11.6 Å². The first-order valence-corrected chi connectivity index (χ1v) is 5.82. The second-order valence-electron chi connectivity index (χ2n) is 3.34. The lowest BCUT2D eigenvalue weighted by Gasteiger charge is -2.05. The maximum absolute atomic E-state index is 8.97. The molecule has 3 heteroatoms. The number of nitriles is 1. The van der Waals surface area contributed by atoms with E-state index >= 15 is 0 Å². The number of aryl methyl sites for hydroxylation is 1. The molecule has 2 aromatic rings. The smallest absolute Gasteiger partial charge is 0.102 e. The Morgan fingerprint density at radius 1 is 1.40 bits per heavy atom. The van der Waals surface area contributed by atoms with Gasteiger partial charge >= 0.3 is 0 Å². The molecule has 0 aliphatic carbocycles. The van der Waals surface area contributed by atoms with Crippen LogP contribution in [0.3, 0.4) is 0 Å². The molecule has 1 aromatic heterocycles. The van der Waals surface area contributed by atoms with Crippen LogP contribution >= 0.6 is 11.8 Å². The van der Waals surface area contributed by atoms with Crippen LogP contribution in [0.5, 0.6) is 0 Å². The number of pyridine rings is 1. The summed E-state index contributed by atoms with van der Waals surface area (Å²) in [6.45, 7) is 2.04. The summed E-state index contributed by atoms with van der Waals surface area (Å²) in [5, 5.41) is 10.0. The van der Waals surface area contributed by atoms with E-state index in [-0.39, 0.29) is 0 Å². The van der Waals surface area contributed by atoms with E-state index in [0.29, 0.717) is 5.56 Å². The number of benzene rings is 1. The SMILES string of the molecule is CSc1c(C#N)cnc2ccc(C)cc12. The molecule has 0 saturated carbocycles. The van der Waals surface area contributed by atoms with Gasteiger partial charge in [-0.3, -0.25) is 4.98 Å². The Labute approximate surface area is 92.9 Å². The standard InChI is InChI=1S/C12H10N2S/c1-8-3-4-11-10(5-8)12(15-2)9(6-13)7-14-11/h3-5,7H,1-2H3. The van der Waals surface area contributed by atoms with Crippen LogP contribution < -0.4 is 0 Å². The van der Waals surface area contributed by atoms with Crippen molar-refractivity contribution in [2.45, 2.75) is 11.8 Å². The van der Waals surface area contributed by atoms with Gasteiger partial charge in [0, 0.05) is 16.5 Å². The minimum Gasteiger partial charge on any atom is -0.255 e. The quantitative estimate of drug-likeness (QED) is 0.684. The van der Waals surface area contributed by atoms with Gasteiger partial charge in [0.25, 0.3) is 0 Å². The lowest BCUT2D eigenvalue weighted by molar-refractivity contribution is 1.30. The highest BCUT2D eigenvalue weighted by molar-refractivity contribution is 7.98. The normalized spacial score (nSPS) is 10.2. The van der Waals surface area contributed by atoms with E-state index < -0.39 is 0 Å². The zero-order chi connectivity index (χ0) is 10.8. The molecule has 0 N–H and O–H groups in total. The Balaban J connectivity index is 2.86. The molecule has 2 nitrogen and oxygen atoms in total. The third-order valence-corrected chi connectivity index (χ3v) is 3.15. The van der Waals surface area contributed by atoms with E-state index in [1.165, 1.54) is 5.56 Å². The third-order valence-electron chi connectivity index (χ3n) is 2.30. The van der Waals surface area contributed by atoms with E-state index in [2.05, 4.69) is 17.1 Å². The lowest BCUT2D eigenvalue weighted by atomic mass is 10.1. The fourth-order valence-electron chi connectivity index (χ4n) is 1.58. The van der Waals surface area contributed by atoms with Crippen LogP contribution in [-0.2, 0) is 0 Å². The number of aromatic nitrogens is 1. The molecule has 15 heavy (non-hydrogen) atoms. The fraction of sp³-hybridized carbons (Fsp3) is 0.167. The summed E-state index contributed by atoms with van der Waals surface area (Å²) in [5.41, 5.74) is 2.79. The van der Waals surface area contributed by atoms with Gasteiger partial charge in [-0.15, -0.1) is 11.8 Å². The van der Waals surface area contributed by atoms with Crippen molar-refractivity contribution in [1.29, 1.82) is 5.26 Å². The predicted molar refractivity (Wildman–Crippen MR) is 63.0 cm³/mol. The molecule has 0 bridgehead atoms. The number of hydrogen-bond donors (Lipinski definition) is 0. The van der Waals surface area contributed by atoms with Crippen molar-refractivity contribution < 1.29 is 0 Å². The van der Waals surface area contributed by atoms with E-state index in [9.17, 15) is 0 Å². The summed E-state index contributed by atoms with van der Waals surface area (Å²) in [4.78, 5) is 5.29. The lowest BCUT2D eigenvalue weighted by Crippen LogP contribution is -1.88. The second-order valence-corrected chi connectivity index (χ2v) is 4.15. The third kappa shape index (κ3) is 1.69. The van der Waals surface area contributed by atoms with Crippen molar-refractivity contribution >= 4 is 22.7 Å². The van der Waals surface area contributed by atoms with E-state index in [4.69, 9.17) is 5.26 Å². The van der Waals surface area contributed by atoms with Gasteiger partial charge in [0.05, 0.1) is 11.1 Å². The Bertz CT molecular complexity index is 555. The molecule has 1 aromatic carbocycles. The van der Waals surface area contributed by atoms with Crippen molar-refractivity contribution in [3.05, 3.63) is 35.5 Å². The Morgan fingerprint density at radius 2 is 2.20 bits per heavy atom. The molecular weight excluding hydrogens is 204 g/mol. The number of nitrogens with zero attached hydrogens (tertiary/aromatic N) is 2. The number of fused-ring (bicyclic) bond motifs is 1. The fourth-order valence-corrected chi connectivity index (χ4v) is 2.28. The first-order chi connectivity index (χ1) is 7.26. The highest BCUT2D eigenvalue weighted by Gasteiger charge is 2.07. The first-order valence-electron chi connectivity index (χ1n) is 4.59. The maximum atomic E-state index is 8.97. The predicted octanol–water partition coefficient (Wildman–Crippen LogP) is 3.14. The minimum atomic E-state index is 0.653. The molecule has 0 radical (unpaired) electrons. The van der Waals surface area contributed by atoms with Gasteiger partial charge in [0.1, 0.15) is 6.07 Å². The second kappa shape index (κ2) is 3.92. The average Bonchev–Trinajstić information content (AvgIpc) is 2.27. The summed E-state index contributed by atoms with van der Waals surface area (Å²) >= 11 is 1.60. The molecule has 0 unspecified atom stereocenters. The number of thioether (sulfide) groups is 1. The number of rotatable bonds is 1. The summed E-state index contributed by atoms with van der Waals surface area (Å²) in [5.74, 6) is 0. The van der Waals surface area contributed by atoms with Crippen LogP contribution in [-0.4, -0.2) is 11.2 Å². The Kier molecular flexibility index (Phi) is 2.61. The molecule has 0 aliphatic rings. The molecular formula is C12H10N2S. The van der Waals surface area contributed by atoms with Gasteiger partial charge in [-0.05, 0) is 25.3 Å². The van der Waals surface area contributed by atoms with Gasteiger partial charge in [0.15, 0.2) is 0 Å². The monoisotopic (exact) mass is 214 g/mol. The van der Waals surface area contributed by atoms with Gasteiger partial charge in [-0.2, -0.15) is 5.26 Å². The van der Waals surface area contributed by atoms with Crippen LogP contribution in [0, 0.1) is 18.3 Å². The van der Waals surface area contributed by atoms with Crippen molar-refractivity contribution in [2.24, 2.45) is 0 Å². The Morgan fingerprint density at radius 3 is 2.87 bits per heavy atom. The molecule has 1 heterocycles. The van der Waals surface area contributed by atoms with Crippen LogP contribution in [0.25, 0.3) is 10.9 Å². The van der Waals surface area contributed by atoms with E-state index in [1.54, 1.807) is 18.0 Å². The van der Waals surface area contributed by atoms with Crippen LogP contribution in [0.15, 0.2) is 29.3 Å². The van der Waals surface area contributed by atoms with Crippen molar-refractivity contribution in [1.82, 2.24) is 4.98 Å². The van der Waals surface area contributed by atoms with E-state index in [1.807, 2.05) is 25.3 Å². The topological polar surface area (TPSA) is 36.7 Å². The summed E-state index contributed by atoms with van der Waals surface area (Å²) in [6, 6.07) is 8.28. The van der Waals surface area contributed by atoms with Crippen molar-refractivity contribution in [3.63, 3.8) is 0 Å². The Hall–Kier alpha value is -1.53. The molecule has 2 rings (SSSR count). The molecule has 74 valence electrons. The van der Waals surface area contributed by atoms with Crippen LogP contribution in [0.4, 0.5) is 0 Å². The maximum Gasteiger partial charge on any atom is 0.102 e. The highest BCUT2D eigenvalue weighted by Crippen LogP contribution is 2.28. The molecule has 0 aliphatic heterocycles. The number of hydrogen-bond acceptors (Lipinski definition) is 3.